The van der Waals surface area contributed by atoms with Crippen LogP contribution in [0.25, 0.3) is 0 Å². The van der Waals surface area contributed by atoms with E-state index in [1.165, 1.54) is 23.1 Å². The summed E-state index contributed by atoms with van der Waals surface area (Å²) in [5, 5.41) is 7.50. The fourth-order valence-corrected chi connectivity index (χ4v) is 3.65. The van der Waals surface area contributed by atoms with Crippen LogP contribution >= 0.6 is 23.1 Å². The normalized spacial score (nSPS) is 10.4. The van der Waals surface area contributed by atoms with Gasteiger partial charge in [-0.15, -0.1) is 23.1 Å². The molecule has 0 aliphatic heterocycles. The Balaban J connectivity index is 2.21. The quantitative estimate of drug-likeness (QED) is 0.505. The molecular formula is C15H17N3OS2. The van der Waals surface area contributed by atoms with Crippen LogP contribution in [0.3, 0.4) is 0 Å². The summed E-state index contributed by atoms with van der Waals surface area (Å²) in [6.45, 7) is 0.554. The van der Waals surface area contributed by atoms with Crippen molar-refractivity contribution in [2.24, 2.45) is 5.73 Å². The van der Waals surface area contributed by atoms with E-state index in [4.69, 9.17) is 11.1 Å². The van der Waals surface area contributed by atoms with E-state index >= 15 is 0 Å². The van der Waals surface area contributed by atoms with Gasteiger partial charge < -0.3 is 10.6 Å². The van der Waals surface area contributed by atoms with Gasteiger partial charge >= 0.3 is 0 Å². The zero-order valence-corrected chi connectivity index (χ0v) is 13.6. The van der Waals surface area contributed by atoms with Crippen molar-refractivity contribution in [2.45, 2.75) is 10.8 Å². The Morgan fingerprint density at radius 1 is 1.38 bits per heavy atom. The number of amides is 1. The molecule has 2 rings (SSSR count). The van der Waals surface area contributed by atoms with Gasteiger partial charge in [0.15, 0.2) is 0 Å². The number of benzene rings is 1. The number of nitrogen functional groups attached to an aromatic ring is 1. The summed E-state index contributed by atoms with van der Waals surface area (Å²) in [6, 6.07) is 11.6. The van der Waals surface area contributed by atoms with Crippen LogP contribution in [0.2, 0.25) is 0 Å². The van der Waals surface area contributed by atoms with Gasteiger partial charge in [-0.2, -0.15) is 0 Å². The van der Waals surface area contributed by atoms with Crippen molar-refractivity contribution >= 4 is 34.8 Å². The maximum atomic E-state index is 12.6. The average molecular weight is 319 g/mol. The van der Waals surface area contributed by atoms with E-state index in [1.807, 2.05) is 36.6 Å². The third-order valence-corrected chi connectivity index (χ3v) is 5.29. The highest BCUT2D eigenvalue weighted by atomic mass is 32.2. The second-order valence-corrected chi connectivity index (χ2v) is 6.70. The van der Waals surface area contributed by atoms with Gasteiger partial charge in [0.05, 0.1) is 14.6 Å². The Morgan fingerprint density at radius 3 is 2.62 bits per heavy atom. The van der Waals surface area contributed by atoms with Gasteiger partial charge in [-0.1, -0.05) is 30.3 Å². The van der Waals surface area contributed by atoms with Crippen LogP contribution in [0, 0.1) is 5.41 Å². The molecule has 1 amide bonds. The summed E-state index contributed by atoms with van der Waals surface area (Å²) in [4.78, 5) is 14.9. The van der Waals surface area contributed by atoms with E-state index in [0.29, 0.717) is 17.0 Å². The smallest absolute Gasteiger partial charge is 0.255 e. The lowest BCUT2D eigenvalue weighted by atomic mass is 10.2. The fourth-order valence-electron chi connectivity index (χ4n) is 1.94. The van der Waals surface area contributed by atoms with Crippen LogP contribution in [-0.2, 0) is 6.54 Å². The maximum Gasteiger partial charge on any atom is 0.255 e. The van der Waals surface area contributed by atoms with Gasteiger partial charge in [-0.05, 0) is 17.9 Å². The molecule has 0 bridgehead atoms. The molecule has 0 aliphatic rings. The molecule has 0 saturated carbocycles. The number of thioether (sulfide) groups is 1. The molecule has 0 unspecified atom stereocenters. The molecule has 0 fully saturated rings. The minimum absolute atomic E-state index is 0.0000578. The Kier molecular flexibility index (Phi) is 5.03. The molecule has 1 aromatic carbocycles. The van der Waals surface area contributed by atoms with E-state index in [2.05, 4.69) is 0 Å². The molecule has 1 aromatic heterocycles. The zero-order valence-electron chi connectivity index (χ0n) is 11.9. The van der Waals surface area contributed by atoms with Gasteiger partial charge in [-0.3, -0.25) is 10.2 Å². The van der Waals surface area contributed by atoms with E-state index in [1.54, 1.807) is 18.0 Å². The summed E-state index contributed by atoms with van der Waals surface area (Å²) >= 11 is 2.89. The molecule has 3 N–H and O–H groups in total. The Hall–Kier alpha value is -1.79. The molecule has 0 spiro atoms. The molecule has 0 aliphatic carbocycles. The van der Waals surface area contributed by atoms with Gasteiger partial charge in [0.1, 0.15) is 5.84 Å². The summed E-state index contributed by atoms with van der Waals surface area (Å²) in [6.07, 6.45) is 1.92. The number of nitrogens with zero attached hydrogens (tertiary/aromatic N) is 1. The predicted molar refractivity (Wildman–Crippen MR) is 89.4 cm³/mol. The SMILES string of the molecule is CSc1sc(C(=N)N)cc1C(=O)N(C)Cc1ccccc1. The van der Waals surface area contributed by atoms with Crippen LogP contribution in [0.5, 0.6) is 0 Å². The van der Waals surface area contributed by atoms with Crippen molar-refractivity contribution in [3.05, 3.63) is 52.4 Å². The first kappa shape index (κ1) is 15.6. The summed E-state index contributed by atoms with van der Waals surface area (Å²) in [5.74, 6) is -0.0491. The third kappa shape index (κ3) is 3.65. The zero-order chi connectivity index (χ0) is 15.4. The second kappa shape index (κ2) is 6.78. The van der Waals surface area contributed by atoms with Crippen LogP contribution in [0.15, 0.2) is 40.6 Å². The molecule has 0 saturated heterocycles. The lowest BCUT2D eigenvalue weighted by Gasteiger charge is -2.17. The maximum absolute atomic E-state index is 12.6. The van der Waals surface area contributed by atoms with E-state index in [9.17, 15) is 4.79 Å². The highest BCUT2D eigenvalue weighted by molar-refractivity contribution is 8.00. The lowest BCUT2D eigenvalue weighted by molar-refractivity contribution is 0.0782. The highest BCUT2D eigenvalue weighted by Crippen LogP contribution is 2.31. The Labute approximate surface area is 132 Å². The highest BCUT2D eigenvalue weighted by Gasteiger charge is 2.20. The number of amidine groups is 1. The first-order chi connectivity index (χ1) is 10.0. The molecule has 1 heterocycles. The minimum Gasteiger partial charge on any atom is -0.383 e. The molecule has 4 nitrogen and oxygen atoms in total. The number of rotatable bonds is 5. The van der Waals surface area contributed by atoms with Crippen molar-refractivity contribution < 1.29 is 4.79 Å². The Bertz CT molecular complexity index is 652. The first-order valence-corrected chi connectivity index (χ1v) is 8.38. The van der Waals surface area contributed by atoms with Crippen molar-refractivity contribution in [1.82, 2.24) is 4.90 Å². The number of carbonyl (C=O) groups is 1. The van der Waals surface area contributed by atoms with Crippen LogP contribution in [-0.4, -0.2) is 29.9 Å². The van der Waals surface area contributed by atoms with Gasteiger partial charge in [0, 0.05) is 13.6 Å². The van der Waals surface area contributed by atoms with Gasteiger partial charge in [0.25, 0.3) is 5.91 Å². The Morgan fingerprint density at radius 2 is 2.05 bits per heavy atom. The molecule has 6 heteroatoms. The number of thiophene rings is 1. The predicted octanol–water partition coefficient (Wildman–Crippen LogP) is 3.03. The van der Waals surface area contributed by atoms with Crippen molar-refractivity contribution in [2.75, 3.05) is 13.3 Å². The second-order valence-electron chi connectivity index (χ2n) is 4.58. The van der Waals surface area contributed by atoms with E-state index in [-0.39, 0.29) is 11.7 Å². The van der Waals surface area contributed by atoms with Gasteiger partial charge in [-0.25, -0.2) is 0 Å². The average Bonchev–Trinajstić information content (AvgIpc) is 2.91. The van der Waals surface area contributed by atoms with E-state index < -0.39 is 0 Å². The number of nitrogens with one attached hydrogen (secondary N) is 1. The number of carbonyl (C=O) groups excluding carboxylic acids is 1. The first-order valence-electron chi connectivity index (χ1n) is 6.34. The molecule has 0 radical (unpaired) electrons. The third-order valence-electron chi connectivity index (χ3n) is 2.99. The molecule has 110 valence electrons. The lowest BCUT2D eigenvalue weighted by Crippen LogP contribution is -2.26. The molecule has 0 atom stereocenters. The molecule has 2 aromatic rings. The van der Waals surface area contributed by atoms with Crippen LogP contribution < -0.4 is 5.73 Å². The summed E-state index contributed by atoms with van der Waals surface area (Å²) in [7, 11) is 1.78. The van der Waals surface area contributed by atoms with Crippen molar-refractivity contribution in [3.8, 4) is 0 Å². The molecule has 21 heavy (non-hydrogen) atoms. The fraction of sp³-hybridized carbons (Fsp3) is 0.200. The molecular weight excluding hydrogens is 302 g/mol. The number of hydrogen-bond donors (Lipinski definition) is 2. The minimum atomic E-state index is -0.0491. The van der Waals surface area contributed by atoms with Crippen LogP contribution in [0.1, 0.15) is 20.8 Å². The monoisotopic (exact) mass is 319 g/mol. The topological polar surface area (TPSA) is 70.2 Å². The number of nitrogens with two attached hydrogens (primary N) is 1. The van der Waals surface area contributed by atoms with E-state index in [0.717, 1.165) is 9.77 Å². The largest absolute Gasteiger partial charge is 0.383 e. The standard InChI is InChI=1S/C15H17N3OS2/c1-18(9-10-6-4-3-5-7-10)14(19)11-8-12(13(16)17)21-15(11)20-2/h3-8H,9H2,1-2H3,(H3,16,17). The van der Waals surface area contributed by atoms with Gasteiger partial charge in [0.2, 0.25) is 0 Å². The number of hydrogen-bond acceptors (Lipinski definition) is 4. The summed E-state index contributed by atoms with van der Waals surface area (Å²) < 4.78 is 0.894. The summed E-state index contributed by atoms with van der Waals surface area (Å²) in [5.41, 5.74) is 7.22. The van der Waals surface area contributed by atoms with Crippen molar-refractivity contribution in [3.63, 3.8) is 0 Å². The van der Waals surface area contributed by atoms with Crippen molar-refractivity contribution in [1.29, 1.82) is 5.41 Å². The van der Waals surface area contributed by atoms with Crippen LogP contribution in [0.4, 0.5) is 0 Å².